The maximum absolute atomic E-state index is 5.35. The maximum Gasteiger partial charge on any atom is 0.0594 e. The molecule has 0 aliphatic carbocycles. The van der Waals surface area contributed by atoms with Crippen molar-refractivity contribution in [2.75, 3.05) is 39.4 Å². The van der Waals surface area contributed by atoms with Gasteiger partial charge in [0.25, 0.3) is 0 Å². The Labute approximate surface area is 94.2 Å². The third-order valence-corrected chi connectivity index (χ3v) is 3.07. The van der Waals surface area contributed by atoms with Gasteiger partial charge in [0.2, 0.25) is 0 Å². The summed E-state index contributed by atoms with van der Waals surface area (Å²) in [6, 6.07) is 0.720. The first-order valence-corrected chi connectivity index (χ1v) is 6.37. The first kappa shape index (κ1) is 12.9. The molecular weight excluding hydrogens is 188 g/mol. The SMILES string of the molecule is CCCNCCCC(C)N1CCOCC1. The molecule has 1 fully saturated rings. The number of ether oxygens (including phenoxy) is 1. The van der Waals surface area contributed by atoms with Crippen molar-refractivity contribution < 1.29 is 4.74 Å². The van der Waals surface area contributed by atoms with Crippen molar-refractivity contribution in [1.29, 1.82) is 0 Å². The molecule has 0 aromatic heterocycles. The van der Waals surface area contributed by atoms with Crippen LogP contribution in [0.15, 0.2) is 0 Å². The van der Waals surface area contributed by atoms with E-state index in [1.54, 1.807) is 0 Å². The van der Waals surface area contributed by atoms with Crippen LogP contribution in [0.2, 0.25) is 0 Å². The van der Waals surface area contributed by atoms with E-state index in [2.05, 4.69) is 24.1 Å². The molecule has 1 unspecified atom stereocenters. The quantitative estimate of drug-likeness (QED) is 0.650. The largest absolute Gasteiger partial charge is 0.379 e. The van der Waals surface area contributed by atoms with Crippen molar-refractivity contribution >= 4 is 0 Å². The monoisotopic (exact) mass is 214 g/mol. The Kier molecular flexibility index (Phi) is 6.98. The molecule has 1 aliphatic rings. The van der Waals surface area contributed by atoms with Gasteiger partial charge in [0.15, 0.2) is 0 Å². The van der Waals surface area contributed by atoms with Gasteiger partial charge in [0.1, 0.15) is 0 Å². The maximum atomic E-state index is 5.35. The van der Waals surface area contributed by atoms with Crippen LogP contribution in [-0.4, -0.2) is 50.3 Å². The van der Waals surface area contributed by atoms with Gasteiger partial charge in [0, 0.05) is 19.1 Å². The Balaban J connectivity index is 1.99. The van der Waals surface area contributed by atoms with Crippen LogP contribution in [0.3, 0.4) is 0 Å². The topological polar surface area (TPSA) is 24.5 Å². The molecule has 3 nitrogen and oxygen atoms in total. The van der Waals surface area contributed by atoms with Crippen molar-refractivity contribution in [1.82, 2.24) is 10.2 Å². The van der Waals surface area contributed by atoms with Crippen molar-refractivity contribution in [2.45, 2.75) is 39.2 Å². The minimum Gasteiger partial charge on any atom is -0.379 e. The van der Waals surface area contributed by atoms with E-state index in [1.807, 2.05) is 0 Å². The molecule has 0 radical (unpaired) electrons. The van der Waals surface area contributed by atoms with Crippen LogP contribution < -0.4 is 5.32 Å². The van der Waals surface area contributed by atoms with Gasteiger partial charge >= 0.3 is 0 Å². The molecule has 0 amide bonds. The van der Waals surface area contributed by atoms with Gasteiger partial charge in [-0.05, 0) is 39.3 Å². The van der Waals surface area contributed by atoms with Gasteiger partial charge < -0.3 is 10.1 Å². The predicted octanol–water partition coefficient (Wildman–Crippen LogP) is 1.49. The van der Waals surface area contributed by atoms with E-state index in [0.717, 1.165) is 38.9 Å². The molecule has 90 valence electrons. The van der Waals surface area contributed by atoms with E-state index in [0.29, 0.717) is 0 Å². The standard InChI is InChI=1S/C12H26N2O/c1-3-6-13-7-4-5-12(2)14-8-10-15-11-9-14/h12-13H,3-11H2,1-2H3. The lowest BCUT2D eigenvalue weighted by Gasteiger charge is -2.32. The lowest BCUT2D eigenvalue weighted by Crippen LogP contribution is -2.42. The lowest BCUT2D eigenvalue weighted by atomic mass is 10.1. The number of nitrogens with one attached hydrogen (secondary N) is 1. The third-order valence-electron chi connectivity index (χ3n) is 3.07. The van der Waals surface area contributed by atoms with Crippen molar-refractivity contribution in [3.8, 4) is 0 Å². The normalized spacial score (nSPS) is 20.4. The Morgan fingerprint density at radius 3 is 2.67 bits per heavy atom. The van der Waals surface area contributed by atoms with Crippen LogP contribution in [-0.2, 0) is 4.74 Å². The second kappa shape index (κ2) is 8.08. The molecule has 1 rings (SSSR count). The summed E-state index contributed by atoms with van der Waals surface area (Å²) in [7, 11) is 0. The molecule has 0 aromatic carbocycles. The molecule has 1 saturated heterocycles. The number of nitrogens with zero attached hydrogens (tertiary/aromatic N) is 1. The zero-order valence-electron chi connectivity index (χ0n) is 10.3. The zero-order chi connectivity index (χ0) is 10.9. The van der Waals surface area contributed by atoms with Gasteiger partial charge in [0.05, 0.1) is 13.2 Å². The van der Waals surface area contributed by atoms with Crippen molar-refractivity contribution in [3.05, 3.63) is 0 Å². The molecule has 1 aliphatic heterocycles. The molecule has 15 heavy (non-hydrogen) atoms. The van der Waals surface area contributed by atoms with Crippen LogP contribution in [0.4, 0.5) is 0 Å². The summed E-state index contributed by atoms with van der Waals surface area (Å²) in [6.07, 6.45) is 3.83. The highest BCUT2D eigenvalue weighted by molar-refractivity contribution is 4.70. The van der Waals surface area contributed by atoms with Gasteiger partial charge in [-0.3, -0.25) is 4.90 Å². The first-order chi connectivity index (χ1) is 7.34. The van der Waals surface area contributed by atoms with Gasteiger partial charge in [-0.2, -0.15) is 0 Å². The van der Waals surface area contributed by atoms with E-state index in [4.69, 9.17) is 4.74 Å². The highest BCUT2D eigenvalue weighted by Crippen LogP contribution is 2.08. The molecule has 1 heterocycles. The molecule has 0 saturated carbocycles. The van der Waals surface area contributed by atoms with Crippen LogP contribution >= 0.6 is 0 Å². The molecule has 3 heteroatoms. The van der Waals surface area contributed by atoms with Crippen LogP contribution in [0.1, 0.15) is 33.1 Å². The van der Waals surface area contributed by atoms with E-state index >= 15 is 0 Å². The molecule has 1 N–H and O–H groups in total. The second-order valence-electron chi connectivity index (χ2n) is 4.39. The average Bonchev–Trinajstić information content (AvgIpc) is 2.30. The van der Waals surface area contributed by atoms with Crippen LogP contribution in [0, 0.1) is 0 Å². The third kappa shape index (κ3) is 5.50. The van der Waals surface area contributed by atoms with Crippen molar-refractivity contribution in [3.63, 3.8) is 0 Å². The summed E-state index contributed by atoms with van der Waals surface area (Å²) < 4.78 is 5.35. The molecular formula is C12H26N2O. The van der Waals surface area contributed by atoms with E-state index in [-0.39, 0.29) is 0 Å². The minimum atomic E-state index is 0.720. The zero-order valence-corrected chi connectivity index (χ0v) is 10.3. The highest BCUT2D eigenvalue weighted by atomic mass is 16.5. The Bertz CT molecular complexity index is 147. The first-order valence-electron chi connectivity index (χ1n) is 6.37. The second-order valence-corrected chi connectivity index (χ2v) is 4.39. The summed E-state index contributed by atoms with van der Waals surface area (Å²) in [5, 5.41) is 3.45. The summed E-state index contributed by atoms with van der Waals surface area (Å²) >= 11 is 0. The van der Waals surface area contributed by atoms with Crippen LogP contribution in [0.5, 0.6) is 0 Å². The smallest absolute Gasteiger partial charge is 0.0594 e. The fourth-order valence-electron chi connectivity index (χ4n) is 2.03. The lowest BCUT2D eigenvalue weighted by molar-refractivity contribution is 0.0183. The fourth-order valence-corrected chi connectivity index (χ4v) is 2.03. The molecule has 0 aromatic rings. The fraction of sp³-hybridized carbons (Fsp3) is 1.00. The minimum absolute atomic E-state index is 0.720. The van der Waals surface area contributed by atoms with Gasteiger partial charge in [-0.25, -0.2) is 0 Å². The number of morpholine rings is 1. The summed E-state index contributed by atoms with van der Waals surface area (Å²) in [6.45, 7) is 10.9. The Morgan fingerprint density at radius 2 is 2.00 bits per heavy atom. The van der Waals surface area contributed by atoms with E-state index < -0.39 is 0 Å². The molecule has 0 spiro atoms. The predicted molar refractivity (Wildman–Crippen MR) is 64.2 cm³/mol. The Hall–Kier alpha value is -0.120. The van der Waals surface area contributed by atoms with E-state index in [9.17, 15) is 0 Å². The van der Waals surface area contributed by atoms with Crippen LogP contribution in [0.25, 0.3) is 0 Å². The van der Waals surface area contributed by atoms with E-state index in [1.165, 1.54) is 25.8 Å². The summed E-state index contributed by atoms with van der Waals surface area (Å²) in [4.78, 5) is 2.54. The molecule has 0 bridgehead atoms. The molecule has 1 atom stereocenters. The summed E-state index contributed by atoms with van der Waals surface area (Å²) in [5.74, 6) is 0. The number of rotatable bonds is 7. The van der Waals surface area contributed by atoms with Gasteiger partial charge in [-0.1, -0.05) is 6.92 Å². The van der Waals surface area contributed by atoms with Gasteiger partial charge in [-0.15, -0.1) is 0 Å². The highest BCUT2D eigenvalue weighted by Gasteiger charge is 2.15. The van der Waals surface area contributed by atoms with Crippen molar-refractivity contribution in [2.24, 2.45) is 0 Å². The number of hydrogen-bond acceptors (Lipinski definition) is 3. The summed E-state index contributed by atoms with van der Waals surface area (Å²) in [5.41, 5.74) is 0. The average molecular weight is 214 g/mol. The Morgan fingerprint density at radius 1 is 1.27 bits per heavy atom. The number of hydrogen-bond donors (Lipinski definition) is 1.